The second-order valence-corrected chi connectivity index (χ2v) is 8.14. The van der Waals surface area contributed by atoms with Crippen molar-refractivity contribution < 1.29 is 4.79 Å². The number of aromatic nitrogens is 5. The lowest BCUT2D eigenvalue weighted by Gasteiger charge is -2.10. The molecule has 1 saturated carbocycles. The fourth-order valence-corrected chi connectivity index (χ4v) is 3.97. The van der Waals surface area contributed by atoms with E-state index in [1.165, 1.54) is 17.3 Å². The number of hydrogen-bond acceptors (Lipinski definition) is 5. The number of aryl methyl sites for hydroxylation is 2. The lowest BCUT2D eigenvalue weighted by atomic mass is 10.2. The maximum absolute atomic E-state index is 12.5. The van der Waals surface area contributed by atoms with Gasteiger partial charge < -0.3 is 9.88 Å². The van der Waals surface area contributed by atoms with Crippen LogP contribution in [0.4, 0.5) is 5.69 Å². The van der Waals surface area contributed by atoms with E-state index in [2.05, 4.69) is 37.3 Å². The number of thioether (sulfide) groups is 1. The van der Waals surface area contributed by atoms with Crippen LogP contribution in [0, 0.1) is 13.8 Å². The topological polar surface area (TPSA) is 77.6 Å². The van der Waals surface area contributed by atoms with Crippen LogP contribution in [0.25, 0.3) is 0 Å². The number of nitrogens with one attached hydrogen (secondary N) is 1. The molecule has 1 fully saturated rings. The number of nitrogens with zero attached hydrogens (tertiary/aromatic N) is 5. The predicted octanol–water partition coefficient (Wildman–Crippen LogP) is 3.28. The monoisotopic (exact) mass is 396 g/mol. The van der Waals surface area contributed by atoms with E-state index < -0.39 is 0 Å². The number of benzene rings is 1. The molecule has 3 aromatic rings. The van der Waals surface area contributed by atoms with E-state index in [0.29, 0.717) is 5.92 Å². The average molecular weight is 397 g/mol. The van der Waals surface area contributed by atoms with Crippen molar-refractivity contribution in [3.63, 3.8) is 0 Å². The van der Waals surface area contributed by atoms with Gasteiger partial charge in [-0.1, -0.05) is 42.1 Å². The van der Waals surface area contributed by atoms with E-state index >= 15 is 0 Å². The molecule has 2 aromatic heterocycles. The van der Waals surface area contributed by atoms with Crippen LogP contribution in [0.5, 0.6) is 0 Å². The van der Waals surface area contributed by atoms with Gasteiger partial charge in [0.2, 0.25) is 5.91 Å². The molecule has 1 N–H and O–H groups in total. The lowest BCUT2D eigenvalue weighted by molar-refractivity contribution is -0.113. The molecule has 0 spiro atoms. The summed E-state index contributed by atoms with van der Waals surface area (Å²) in [5.74, 6) is 1.75. The Kier molecular flexibility index (Phi) is 5.21. The molecule has 4 rings (SSSR count). The van der Waals surface area contributed by atoms with Crippen molar-refractivity contribution in [3.8, 4) is 0 Å². The minimum atomic E-state index is -0.0635. The highest BCUT2D eigenvalue weighted by Crippen LogP contribution is 2.40. The Bertz CT molecular complexity index is 990. The molecule has 28 heavy (non-hydrogen) atoms. The second-order valence-electron chi connectivity index (χ2n) is 7.19. The van der Waals surface area contributed by atoms with Crippen LogP contribution in [-0.4, -0.2) is 36.2 Å². The molecular formula is C20H24N6OS. The maximum atomic E-state index is 12.5. The summed E-state index contributed by atoms with van der Waals surface area (Å²) in [7, 11) is 1.87. The number of hydrogen-bond donors (Lipinski definition) is 1. The van der Waals surface area contributed by atoms with E-state index in [1.807, 2.05) is 39.1 Å². The van der Waals surface area contributed by atoms with Gasteiger partial charge in [0.25, 0.3) is 0 Å². The van der Waals surface area contributed by atoms with Crippen LogP contribution in [0.15, 0.2) is 35.5 Å². The van der Waals surface area contributed by atoms with Crippen LogP contribution in [0.2, 0.25) is 0 Å². The summed E-state index contributed by atoms with van der Waals surface area (Å²) < 4.78 is 3.93. The average Bonchev–Trinajstić information content (AvgIpc) is 3.41. The summed E-state index contributed by atoms with van der Waals surface area (Å²) in [6.45, 7) is 4.57. The van der Waals surface area contributed by atoms with Gasteiger partial charge in [0.05, 0.1) is 29.4 Å². The summed E-state index contributed by atoms with van der Waals surface area (Å²) in [5, 5.41) is 16.9. The van der Waals surface area contributed by atoms with Crippen LogP contribution in [0.1, 0.15) is 41.5 Å². The molecule has 0 radical (unpaired) electrons. The van der Waals surface area contributed by atoms with Crippen LogP contribution >= 0.6 is 11.8 Å². The van der Waals surface area contributed by atoms with E-state index in [4.69, 9.17) is 0 Å². The molecule has 1 aliphatic carbocycles. The third kappa shape index (κ3) is 3.96. The second kappa shape index (κ2) is 7.79. The Balaban J connectivity index is 1.46. The molecule has 146 valence electrons. The number of carbonyl (C=O) groups excluding carboxylic acids is 1. The fourth-order valence-electron chi connectivity index (χ4n) is 3.23. The molecule has 1 aliphatic rings. The van der Waals surface area contributed by atoms with Gasteiger partial charge in [-0.25, -0.2) is 0 Å². The molecule has 0 saturated heterocycles. The highest BCUT2D eigenvalue weighted by Gasteiger charge is 2.30. The first kappa shape index (κ1) is 18.7. The van der Waals surface area contributed by atoms with Gasteiger partial charge in [-0.2, -0.15) is 5.10 Å². The fraction of sp³-hybridized carbons (Fsp3) is 0.400. The molecule has 0 aliphatic heterocycles. The zero-order valence-corrected chi connectivity index (χ0v) is 17.2. The molecule has 1 amide bonds. The number of anilines is 1. The minimum Gasteiger partial charge on any atom is -0.322 e. The van der Waals surface area contributed by atoms with Crippen molar-refractivity contribution >= 4 is 23.4 Å². The van der Waals surface area contributed by atoms with Crippen LogP contribution in [-0.2, 0) is 18.4 Å². The van der Waals surface area contributed by atoms with Gasteiger partial charge in [0.15, 0.2) is 5.16 Å². The van der Waals surface area contributed by atoms with Crippen LogP contribution in [0.3, 0.4) is 0 Å². The molecule has 8 heteroatoms. The minimum absolute atomic E-state index is 0.0635. The molecule has 0 unspecified atom stereocenters. The Morgan fingerprint density at radius 2 is 1.96 bits per heavy atom. The Labute approximate surface area is 168 Å². The van der Waals surface area contributed by atoms with E-state index in [1.54, 1.807) is 4.68 Å². The first-order chi connectivity index (χ1) is 13.5. The van der Waals surface area contributed by atoms with Crippen LogP contribution < -0.4 is 5.32 Å². The molecule has 7 nitrogen and oxygen atoms in total. The number of rotatable bonds is 7. The summed E-state index contributed by atoms with van der Waals surface area (Å²) in [6, 6.07) is 10.3. The van der Waals surface area contributed by atoms with Crippen molar-refractivity contribution in [2.75, 3.05) is 11.1 Å². The number of amides is 1. The van der Waals surface area contributed by atoms with E-state index in [0.717, 1.165) is 47.4 Å². The first-order valence-electron chi connectivity index (χ1n) is 9.42. The maximum Gasteiger partial charge on any atom is 0.234 e. The normalized spacial score (nSPS) is 13.7. The highest BCUT2D eigenvalue weighted by atomic mass is 32.2. The van der Waals surface area contributed by atoms with Gasteiger partial charge in [-0.15, -0.1) is 10.2 Å². The molecule has 2 heterocycles. The van der Waals surface area contributed by atoms with E-state index in [-0.39, 0.29) is 11.7 Å². The zero-order chi connectivity index (χ0) is 19.7. The standard InChI is InChI=1S/C20H24N6OS/c1-13-18(14(2)25(3)24-13)21-17(27)12-28-20-23-22-19(16-9-10-16)26(20)11-15-7-5-4-6-8-15/h4-8,16H,9-12H2,1-3H3,(H,21,27). The van der Waals surface area contributed by atoms with Crippen molar-refractivity contribution in [2.24, 2.45) is 7.05 Å². The molecular weight excluding hydrogens is 372 g/mol. The third-order valence-electron chi connectivity index (χ3n) is 4.98. The van der Waals surface area contributed by atoms with E-state index in [9.17, 15) is 4.79 Å². The molecule has 1 aromatic carbocycles. The van der Waals surface area contributed by atoms with Gasteiger partial charge in [0, 0.05) is 13.0 Å². The largest absolute Gasteiger partial charge is 0.322 e. The van der Waals surface area contributed by atoms with Crippen molar-refractivity contribution in [2.45, 2.75) is 44.3 Å². The summed E-state index contributed by atoms with van der Waals surface area (Å²) in [6.07, 6.45) is 2.33. The van der Waals surface area contributed by atoms with Gasteiger partial charge in [-0.05, 0) is 32.3 Å². The van der Waals surface area contributed by atoms with Gasteiger partial charge in [0.1, 0.15) is 5.82 Å². The van der Waals surface area contributed by atoms with Crippen molar-refractivity contribution in [3.05, 3.63) is 53.1 Å². The smallest absolute Gasteiger partial charge is 0.234 e. The summed E-state index contributed by atoms with van der Waals surface area (Å²) >= 11 is 1.43. The van der Waals surface area contributed by atoms with Crippen molar-refractivity contribution in [1.82, 2.24) is 24.5 Å². The predicted molar refractivity (Wildman–Crippen MR) is 110 cm³/mol. The van der Waals surface area contributed by atoms with Gasteiger partial charge in [-0.3, -0.25) is 9.48 Å². The quantitative estimate of drug-likeness (QED) is 0.620. The Morgan fingerprint density at radius 1 is 1.21 bits per heavy atom. The Hall–Kier alpha value is -2.61. The SMILES string of the molecule is Cc1nn(C)c(C)c1NC(=O)CSc1nnc(C2CC2)n1Cc1ccccc1. The third-order valence-corrected chi connectivity index (χ3v) is 5.94. The number of carbonyl (C=O) groups is 1. The zero-order valence-electron chi connectivity index (χ0n) is 16.3. The first-order valence-corrected chi connectivity index (χ1v) is 10.4. The summed E-state index contributed by atoms with van der Waals surface area (Å²) in [5.41, 5.74) is 3.76. The van der Waals surface area contributed by atoms with Crippen molar-refractivity contribution in [1.29, 1.82) is 0 Å². The molecule has 0 bridgehead atoms. The summed E-state index contributed by atoms with van der Waals surface area (Å²) in [4.78, 5) is 12.5. The lowest BCUT2D eigenvalue weighted by Crippen LogP contribution is -2.16. The Morgan fingerprint density at radius 3 is 2.61 bits per heavy atom. The molecule has 0 atom stereocenters. The highest BCUT2D eigenvalue weighted by molar-refractivity contribution is 7.99. The van der Waals surface area contributed by atoms with Gasteiger partial charge >= 0.3 is 0 Å².